The van der Waals surface area contributed by atoms with Gasteiger partial charge in [0.15, 0.2) is 0 Å². The minimum atomic E-state index is 0.299. The Morgan fingerprint density at radius 2 is 1.85 bits per heavy atom. The summed E-state index contributed by atoms with van der Waals surface area (Å²) in [6.07, 6.45) is 3.53. The summed E-state index contributed by atoms with van der Waals surface area (Å²) in [6.45, 7) is 0. The van der Waals surface area contributed by atoms with E-state index in [9.17, 15) is 4.79 Å². The number of ketones is 1. The van der Waals surface area contributed by atoms with Gasteiger partial charge in [0.05, 0.1) is 0 Å². The molecule has 1 aromatic rings. The summed E-state index contributed by atoms with van der Waals surface area (Å²) in [7, 11) is 0. The molecule has 0 atom stereocenters. The first kappa shape index (κ1) is 8.73. The van der Waals surface area contributed by atoms with Crippen LogP contribution in [0.1, 0.15) is 12.8 Å². The molecule has 0 aliphatic heterocycles. The Balaban J connectivity index is 2.07. The number of hydrogen-bond donors (Lipinski definition) is 0. The molecule has 66 valence electrons. The molecule has 0 saturated carbocycles. The summed E-state index contributed by atoms with van der Waals surface area (Å²) < 4.78 is 2.69. The first-order chi connectivity index (χ1) is 6.34. The zero-order chi connectivity index (χ0) is 9.10. The van der Waals surface area contributed by atoms with Crippen LogP contribution in [0.5, 0.6) is 0 Å². The van der Waals surface area contributed by atoms with E-state index in [4.69, 9.17) is 0 Å². The number of allylic oxidation sites excluding steroid dienone is 2. The van der Waals surface area contributed by atoms with Crippen LogP contribution in [-0.2, 0) is 4.79 Å². The number of rotatable bonds is 2. The van der Waals surface area contributed by atoms with Gasteiger partial charge in [0.2, 0.25) is 0 Å². The predicted molar refractivity (Wildman–Crippen MR) is 54.2 cm³/mol. The molecule has 0 saturated heterocycles. The Morgan fingerprint density at radius 3 is 2.46 bits per heavy atom. The van der Waals surface area contributed by atoms with E-state index in [1.165, 1.54) is 8.93 Å². The fourth-order valence-corrected chi connectivity index (χ4v) is 3.37. The van der Waals surface area contributed by atoms with E-state index in [0.29, 0.717) is 20.7 Å². The van der Waals surface area contributed by atoms with Gasteiger partial charge in [-0.25, -0.2) is 0 Å². The van der Waals surface area contributed by atoms with Gasteiger partial charge < -0.3 is 0 Å². The van der Waals surface area contributed by atoms with Crippen LogP contribution in [0, 0.1) is 0 Å². The number of carbonyl (C=O) groups is 1. The molecule has 1 aliphatic carbocycles. The summed E-state index contributed by atoms with van der Waals surface area (Å²) in [6, 6.07) is 10.4. The molecule has 0 spiro atoms. The van der Waals surface area contributed by atoms with Crippen molar-refractivity contribution in [3.05, 3.63) is 40.9 Å². The molecule has 2 heteroatoms. The molecule has 1 nitrogen and oxygen atoms in total. The standard InChI is InChI=1S/C11H10OSe/c12-9-6-7-11(8-9)13-10-4-2-1-3-5-10/h1-5,8H,6-7H2. The molecule has 0 heterocycles. The predicted octanol–water partition coefficient (Wildman–Crippen LogP) is 1.26. The van der Waals surface area contributed by atoms with E-state index in [1.54, 1.807) is 0 Å². The van der Waals surface area contributed by atoms with Crippen molar-refractivity contribution in [3.63, 3.8) is 0 Å². The van der Waals surface area contributed by atoms with Crippen molar-refractivity contribution in [1.29, 1.82) is 0 Å². The molecule has 0 fully saturated rings. The van der Waals surface area contributed by atoms with Crippen molar-refractivity contribution >= 4 is 25.2 Å². The second kappa shape index (κ2) is 3.91. The number of carbonyl (C=O) groups excluding carboxylic acids is 1. The van der Waals surface area contributed by atoms with Crippen molar-refractivity contribution in [3.8, 4) is 0 Å². The second-order valence-electron chi connectivity index (χ2n) is 2.99. The molecule has 2 rings (SSSR count). The molecule has 1 aromatic carbocycles. The Kier molecular flexibility index (Phi) is 2.62. The van der Waals surface area contributed by atoms with Crippen LogP contribution < -0.4 is 4.46 Å². The molecule has 0 radical (unpaired) electrons. The fraction of sp³-hybridized carbons (Fsp3) is 0.182. The average Bonchev–Trinajstić information content (AvgIpc) is 2.53. The summed E-state index contributed by atoms with van der Waals surface area (Å²) in [5.41, 5.74) is 0. The van der Waals surface area contributed by atoms with Crippen LogP contribution in [0.3, 0.4) is 0 Å². The van der Waals surface area contributed by atoms with Crippen LogP contribution >= 0.6 is 0 Å². The van der Waals surface area contributed by atoms with E-state index in [2.05, 4.69) is 24.3 Å². The van der Waals surface area contributed by atoms with Gasteiger partial charge in [-0.15, -0.1) is 0 Å². The molecular formula is C11H10OSe. The van der Waals surface area contributed by atoms with Crippen molar-refractivity contribution in [2.45, 2.75) is 12.8 Å². The van der Waals surface area contributed by atoms with Crippen molar-refractivity contribution in [2.75, 3.05) is 0 Å². The Bertz CT molecular complexity index is 340. The molecule has 0 aromatic heterocycles. The van der Waals surface area contributed by atoms with Gasteiger partial charge in [0, 0.05) is 0 Å². The van der Waals surface area contributed by atoms with Crippen LogP contribution in [0.2, 0.25) is 0 Å². The maximum absolute atomic E-state index is 11.0. The first-order valence-electron chi connectivity index (χ1n) is 4.31. The Morgan fingerprint density at radius 1 is 1.08 bits per heavy atom. The van der Waals surface area contributed by atoms with E-state index in [0.717, 1.165) is 12.8 Å². The van der Waals surface area contributed by atoms with Crippen molar-refractivity contribution in [1.82, 2.24) is 0 Å². The second-order valence-corrected chi connectivity index (χ2v) is 5.51. The summed E-state index contributed by atoms with van der Waals surface area (Å²) in [4.78, 5) is 11.0. The van der Waals surface area contributed by atoms with E-state index in [-0.39, 0.29) is 0 Å². The van der Waals surface area contributed by atoms with Gasteiger partial charge in [0.25, 0.3) is 0 Å². The van der Waals surface area contributed by atoms with Gasteiger partial charge in [-0.1, -0.05) is 0 Å². The van der Waals surface area contributed by atoms with Crippen LogP contribution in [0.25, 0.3) is 0 Å². The molecule has 0 unspecified atom stereocenters. The molecule has 0 bridgehead atoms. The van der Waals surface area contributed by atoms with Gasteiger partial charge in [0.1, 0.15) is 0 Å². The van der Waals surface area contributed by atoms with E-state index in [1.807, 2.05) is 12.1 Å². The molecule has 1 aliphatic rings. The number of hydrogen-bond acceptors (Lipinski definition) is 1. The molecule has 13 heavy (non-hydrogen) atoms. The zero-order valence-electron chi connectivity index (χ0n) is 7.19. The topological polar surface area (TPSA) is 17.1 Å². The summed E-state index contributed by atoms with van der Waals surface area (Å²) in [5.74, 6) is 0.299. The van der Waals surface area contributed by atoms with E-state index < -0.39 is 0 Å². The Hall–Kier alpha value is -0.851. The minimum absolute atomic E-state index is 0.299. The van der Waals surface area contributed by atoms with Gasteiger partial charge in [-0.05, 0) is 0 Å². The molecular weight excluding hydrogens is 227 g/mol. The van der Waals surface area contributed by atoms with Crippen molar-refractivity contribution in [2.24, 2.45) is 0 Å². The number of benzene rings is 1. The van der Waals surface area contributed by atoms with Crippen LogP contribution in [-0.4, -0.2) is 20.7 Å². The Labute approximate surface area is 84.0 Å². The monoisotopic (exact) mass is 238 g/mol. The van der Waals surface area contributed by atoms with Crippen LogP contribution in [0.15, 0.2) is 40.9 Å². The fourth-order valence-electron chi connectivity index (χ4n) is 1.29. The average molecular weight is 237 g/mol. The zero-order valence-corrected chi connectivity index (χ0v) is 8.91. The molecule has 0 N–H and O–H groups in total. The summed E-state index contributed by atoms with van der Waals surface area (Å²) >= 11 is 0.368. The quantitative estimate of drug-likeness (QED) is 0.708. The third-order valence-corrected chi connectivity index (χ3v) is 4.22. The normalized spacial score (nSPS) is 16.0. The SMILES string of the molecule is O=C1C=C([Se]c2ccccc2)CC1. The summed E-state index contributed by atoms with van der Waals surface area (Å²) in [5, 5.41) is 0. The van der Waals surface area contributed by atoms with E-state index >= 15 is 0 Å². The van der Waals surface area contributed by atoms with Gasteiger partial charge in [-0.2, -0.15) is 0 Å². The van der Waals surface area contributed by atoms with Crippen molar-refractivity contribution < 1.29 is 4.79 Å². The third kappa shape index (κ3) is 2.30. The molecule has 0 amide bonds. The maximum atomic E-state index is 11.0. The first-order valence-corrected chi connectivity index (χ1v) is 6.02. The third-order valence-electron chi connectivity index (χ3n) is 1.93. The van der Waals surface area contributed by atoms with Gasteiger partial charge in [-0.3, -0.25) is 0 Å². The van der Waals surface area contributed by atoms with Gasteiger partial charge >= 0.3 is 83.7 Å². The van der Waals surface area contributed by atoms with Crippen LogP contribution in [0.4, 0.5) is 0 Å².